The van der Waals surface area contributed by atoms with E-state index in [0.29, 0.717) is 6.61 Å². The van der Waals surface area contributed by atoms with E-state index in [1.165, 1.54) is 5.56 Å². The number of aryl methyl sites for hydroxylation is 1. The average molecular weight is 280 g/mol. The van der Waals surface area contributed by atoms with Gasteiger partial charge in [0, 0.05) is 13.2 Å². The van der Waals surface area contributed by atoms with Crippen LogP contribution in [0.3, 0.4) is 0 Å². The van der Waals surface area contributed by atoms with Gasteiger partial charge in [-0.1, -0.05) is 12.1 Å². The minimum Gasteiger partial charge on any atom is -0.494 e. The molecule has 0 saturated heterocycles. The molecule has 1 atom stereocenters. The van der Waals surface area contributed by atoms with Crippen LogP contribution in [-0.4, -0.2) is 25.4 Å². The molecule has 114 valence electrons. The Balaban J connectivity index is 2.31. The largest absolute Gasteiger partial charge is 0.494 e. The zero-order valence-corrected chi connectivity index (χ0v) is 13.1. The lowest BCUT2D eigenvalue weighted by atomic mass is 9.98. The van der Waals surface area contributed by atoms with Crippen LogP contribution in [0.5, 0.6) is 5.75 Å². The number of methoxy groups -OCH3 is 1. The average Bonchev–Trinajstić information content (AvgIpc) is 2.42. The van der Waals surface area contributed by atoms with Gasteiger partial charge < -0.3 is 9.47 Å². The van der Waals surface area contributed by atoms with E-state index in [9.17, 15) is 0 Å². The predicted octanol–water partition coefficient (Wildman–Crippen LogP) is 2.80. The molecule has 0 radical (unpaired) electrons. The molecule has 0 fully saturated rings. The van der Waals surface area contributed by atoms with Crippen LogP contribution < -0.4 is 16.0 Å². The topological polar surface area (TPSA) is 56.5 Å². The van der Waals surface area contributed by atoms with Gasteiger partial charge >= 0.3 is 0 Å². The quantitative estimate of drug-likeness (QED) is 0.539. The molecule has 4 nitrogen and oxygen atoms in total. The van der Waals surface area contributed by atoms with Crippen LogP contribution in [-0.2, 0) is 4.74 Å². The maximum atomic E-state index is 5.75. The van der Waals surface area contributed by atoms with E-state index in [2.05, 4.69) is 32.3 Å². The molecule has 4 heteroatoms. The first-order valence-electron chi connectivity index (χ1n) is 7.17. The first kappa shape index (κ1) is 17.0. The molecule has 0 aromatic heterocycles. The minimum absolute atomic E-state index is 0.105. The summed E-state index contributed by atoms with van der Waals surface area (Å²) in [7, 11) is 1.74. The Kier molecular flexibility index (Phi) is 6.99. The van der Waals surface area contributed by atoms with Crippen molar-refractivity contribution in [2.45, 2.75) is 51.7 Å². The lowest BCUT2D eigenvalue weighted by molar-refractivity contribution is 0.0112. The molecule has 0 spiro atoms. The van der Waals surface area contributed by atoms with Crippen molar-refractivity contribution in [3.8, 4) is 5.75 Å². The summed E-state index contributed by atoms with van der Waals surface area (Å²) in [4.78, 5) is 0. The summed E-state index contributed by atoms with van der Waals surface area (Å²) < 4.78 is 11.2. The zero-order chi connectivity index (χ0) is 15.0. The van der Waals surface area contributed by atoms with E-state index in [0.717, 1.165) is 25.0 Å². The molecule has 0 aliphatic heterocycles. The molecule has 0 aliphatic carbocycles. The summed E-state index contributed by atoms with van der Waals surface area (Å²) >= 11 is 0. The highest BCUT2D eigenvalue weighted by atomic mass is 16.5. The summed E-state index contributed by atoms with van der Waals surface area (Å²) in [6, 6.07) is 8.33. The number of rotatable bonds is 9. The number of nitrogens with two attached hydrogens (primary N) is 1. The van der Waals surface area contributed by atoms with Crippen molar-refractivity contribution in [2.75, 3.05) is 13.7 Å². The summed E-state index contributed by atoms with van der Waals surface area (Å²) in [5, 5.41) is 0. The van der Waals surface area contributed by atoms with E-state index in [1.54, 1.807) is 7.11 Å². The summed E-state index contributed by atoms with van der Waals surface area (Å²) in [5.41, 5.74) is 3.96. The maximum Gasteiger partial charge on any atom is 0.119 e. The molecule has 1 aromatic rings. The molecule has 1 unspecified atom stereocenters. The molecule has 0 aliphatic rings. The second kappa shape index (κ2) is 8.25. The van der Waals surface area contributed by atoms with Crippen molar-refractivity contribution in [2.24, 2.45) is 5.84 Å². The smallest absolute Gasteiger partial charge is 0.119 e. The van der Waals surface area contributed by atoms with Crippen LogP contribution in [0.2, 0.25) is 0 Å². The van der Waals surface area contributed by atoms with Gasteiger partial charge in [-0.2, -0.15) is 0 Å². The molecular formula is C16H28N2O2. The van der Waals surface area contributed by atoms with Crippen LogP contribution in [0.15, 0.2) is 24.3 Å². The van der Waals surface area contributed by atoms with Gasteiger partial charge in [0.25, 0.3) is 0 Å². The fraction of sp³-hybridized carbons (Fsp3) is 0.625. The van der Waals surface area contributed by atoms with Crippen molar-refractivity contribution in [1.29, 1.82) is 0 Å². The minimum atomic E-state index is -0.105. The predicted molar refractivity (Wildman–Crippen MR) is 82.7 cm³/mol. The van der Waals surface area contributed by atoms with Gasteiger partial charge in [0.2, 0.25) is 0 Å². The maximum absolute atomic E-state index is 5.75. The van der Waals surface area contributed by atoms with Crippen molar-refractivity contribution in [3.63, 3.8) is 0 Å². The van der Waals surface area contributed by atoms with E-state index >= 15 is 0 Å². The van der Waals surface area contributed by atoms with Gasteiger partial charge in [-0.3, -0.25) is 11.3 Å². The second-order valence-corrected chi connectivity index (χ2v) is 5.82. The van der Waals surface area contributed by atoms with Gasteiger partial charge in [-0.25, -0.2) is 0 Å². The van der Waals surface area contributed by atoms with Crippen molar-refractivity contribution in [3.05, 3.63) is 29.8 Å². The Morgan fingerprint density at radius 2 is 2.05 bits per heavy atom. The molecule has 0 bridgehead atoms. The standard InChI is InChI=1S/C16H28N2O2/c1-13-6-5-7-15(12-13)20-11-9-14(18-17)8-10-16(2,3)19-4/h5-7,12,14,18H,8-11,17H2,1-4H3. The Morgan fingerprint density at radius 1 is 1.30 bits per heavy atom. The third-order valence-electron chi connectivity index (χ3n) is 3.61. The Labute approximate surface area is 122 Å². The normalized spacial score (nSPS) is 13.2. The van der Waals surface area contributed by atoms with Crippen LogP contribution in [0.25, 0.3) is 0 Å². The van der Waals surface area contributed by atoms with Crippen LogP contribution in [0.4, 0.5) is 0 Å². The first-order chi connectivity index (χ1) is 9.46. The van der Waals surface area contributed by atoms with E-state index < -0.39 is 0 Å². The molecule has 1 rings (SSSR count). The van der Waals surface area contributed by atoms with Crippen LogP contribution in [0.1, 0.15) is 38.7 Å². The molecular weight excluding hydrogens is 252 g/mol. The SMILES string of the molecule is COC(C)(C)CCC(CCOc1cccc(C)c1)NN. The number of nitrogens with one attached hydrogen (secondary N) is 1. The molecule has 20 heavy (non-hydrogen) atoms. The number of ether oxygens (including phenoxy) is 2. The fourth-order valence-corrected chi connectivity index (χ4v) is 1.96. The fourth-order valence-electron chi connectivity index (χ4n) is 1.96. The van der Waals surface area contributed by atoms with E-state index in [4.69, 9.17) is 15.3 Å². The van der Waals surface area contributed by atoms with Crippen LogP contribution >= 0.6 is 0 Å². The summed E-state index contributed by atoms with van der Waals surface area (Å²) in [6.45, 7) is 6.89. The van der Waals surface area contributed by atoms with Gasteiger partial charge in [-0.15, -0.1) is 0 Å². The van der Waals surface area contributed by atoms with E-state index in [-0.39, 0.29) is 11.6 Å². The third kappa shape index (κ3) is 6.37. The van der Waals surface area contributed by atoms with Crippen LogP contribution in [0, 0.1) is 6.92 Å². The van der Waals surface area contributed by atoms with Crippen molar-refractivity contribution in [1.82, 2.24) is 5.43 Å². The van der Waals surface area contributed by atoms with Gasteiger partial charge in [0.15, 0.2) is 0 Å². The zero-order valence-electron chi connectivity index (χ0n) is 13.1. The number of hydrogen-bond acceptors (Lipinski definition) is 4. The van der Waals surface area contributed by atoms with E-state index in [1.807, 2.05) is 18.2 Å². The molecule has 0 saturated carbocycles. The molecule has 0 heterocycles. The highest BCUT2D eigenvalue weighted by Crippen LogP contribution is 2.18. The highest BCUT2D eigenvalue weighted by molar-refractivity contribution is 5.27. The molecule has 3 N–H and O–H groups in total. The molecule has 1 aromatic carbocycles. The Morgan fingerprint density at radius 3 is 2.65 bits per heavy atom. The lowest BCUT2D eigenvalue weighted by Crippen LogP contribution is -2.38. The number of hydrazine groups is 1. The second-order valence-electron chi connectivity index (χ2n) is 5.82. The first-order valence-corrected chi connectivity index (χ1v) is 7.17. The lowest BCUT2D eigenvalue weighted by Gasteiger charge is -2.25. The van der Waals surface area contributed by atoms with Gasteiger partial charge in [0.1, 0.15) is 5.75 Å². The number of benzene rings is 1. The summed E-state index contributed by atoms with van der Waals surface area (Å²) in [6.07, 6.45) is 2.81. The van der Waals surface area contributed by atoms with Gasteiger partial charge in [-0.05, 0) is 57.7 Å². The Bertz CT molecular complexity index is 394. The van der Waals surface area contributed by atoms with Crippen molar-refractivity contribution < 1.29 is 9.47 Å². The third-order valence-corrected chi connectivity index (χ3v) is 3.61. The monoisotopic (exact) mass is 280 g/mol. The molecule has 0 amide bonds. The van der Waals surface area contributed by atoms with Gasteiger partial charge in [0.05, 0.1) is 12.2 Å². The highest BCUT2D eigenvalue weighted by Gasteiger charge is 2.18. The number of hydrogen-bond donors (Lipinski definition) is 2. The summed E-state index contributed by atoms with van der Waals surface area (Å²) in [5.74, 6) is 6.52. The van der Waals surface area contributed by atoms with Crippen molar-refractivity contribution >= 4 is 0 Å². The Hall–Kier alpha value is -1.10.